The van der Waals surface area contributed by atoms with Crippen LogP contribution in [0.3, 0.4) is 0 Å². The molecular weight excluding hydrogens is 366 g/mol. The highest BCUT2D eigenvalue weighted by atomic mass is 16.5. The molecule has 1 fully saturated rings. The van der Waals surface area contributed by atoms with Crippen LogP contribution >= 0.6 is 0 Å². The number of rotatable bonds is 10. The Balaban J connectivity index is 2.20. The molecule has 1 aromatic rings. The first-order chi connectivity index (χ1) is 13.4. The first-order valence-corrected chi connectivity index (χ1v) is 9.67. The van der Waals surface area contributed by atoms with Crippen molar-refractivity contribution >= 4 is 11.7 Å². The lowest BCUT2D eigenvalue weighted by atomic mass is 10.1. The minimum absolute atomic E-state index is 0.136. The van der Waals surface area contributed by atoms with Crippen molar-refractivity contribution in [1.82, 2.24) is 9.55 Å². The molecule has 158 valence electrons. The topological polar surface area (TPSA) is 157 Å². The molecule has 10 heteroatoms. The highest BCUT2D eigenvalue weighted by Gasteiger charge is 2.35. The fraction of sp³-hybridized carbons (Fsp3) is 0.722. The number of hydrogen-bond acceptors (Lipinski definition) is 8. The number of ether oxygens (including phenoxy) is 1. The number of unbranched alkanes of at least 4 members (excludes halogenated alkanes) is 2. The van der Waals surface area contributed by atoms with E-state index in [0.717, 1.165) is 12.8 Å². The summed E-state index contributed by atoms with van der Waals surface area (Å²) >= 11 is 0. The van der Waals surface area contributed by atoms with Crippen LogP contribution in [0.15, 0.2) is 11.0 Å². The lowest BCUT2D eigenvalue weighted by Gasteiger charge is -2.24. The van der Waals surface area contributed by atoms with Gasteiger partial charge >= 0.3 is 5.69 Å². The Labute approximate surface area is 164 Å². The van der Waals surface area contributed by atoms with Crippen LogP contribution in [0, 0.1) is 6.92 Å². The predicted molar refractivity (Wildman–Crippen MR) is 104 cm³/mol. The molecule has 0 spiro atoms. The number of carbonyl (C=O) groups is 1. The van der Waals surface area contributed by atoms with E-state index in [1.54, 1.807) is 13.1 Å². The molecule has 1 aliphatic rings. The average molecular weight is 397 g/mol. The van der Waals surface area contributed by atoms with E-state index in [1.165, 1.54) is 9.47 Å². The minimum Gasteiger partial charge on any atom is -0.394 e. The van der Waals surface area contributed by atoms with Crippen LogP contribution < -0.4 is 22.1 Å². The van der Waals surface area contributed by atoms with Gasteiger partial charge in [0, 0.05) is 37.7 Å². The molecule has 2 heterocycles. The quantitative estimate of drug-likeness (QED) is 0.366. The van der Waals surface area contributed by atoms with Gasteiger partial charge in [0.2, 0.25) is 5.91 Å². The summed E-state index contributed by atoms with van der Waals surface area (Å²) in [4.78, 5) is 30.7. The molecule has 0 unspecified atom stereocenters. The second-order valence-corrected chi connectivity index (χ2v) is 6.99. The van der Waals surface area contributed by atoms with Gasteiger partial charge in [0.1, 0.15) is 18.1 Å². The van der Waals surface area contributed by atoms with Crippen molar-refractivity contribution in [3.05, 3.63) is 22.2 Å². The Morgan fingerprint density at radius 1 is 1.36 bits per heavy atom. The van der Waals surface area contributed by atoms with Crippen molar-refractivity contribution in [1.29, 1.82) is 0 Å². The summed E-state index contributed by atoms with van der Waals surface area (Å²) in [5.41, 5.74) is 11.2. The molecule has 28 heavy (non-hydrogen) atoms. The Morgan fingerprint density at radius 3 is 2.71 bits per heavy atom. The summed E-state index contributed by atoms with van der Waals surface area (Å²) in [6.07, 6.45) is 2.20. The minimum atomic E-state index is -0.856. The molecule has 0 aromatic carbocycles. The summed E-state index contributed by atoms with van der Waals surface area (Å²) in [7, 11) is 0. The zero-order chi connectivity index (χ0) is 20.7. The number of aromatic nitrogens is 2. The van der Waals surface area contributed by atoms with E-state index < -0.39 is 24.1 Å². The van der Waals surface area contributed by atoms with Crippen LogP contribution in [0.25, 0.3) is 0 Å². The third-order valence-corrected chi connectivity index (χ3v) is 4.81. The van der Waals surface area contributed by atoms with E-state index in [1.807, 2.05) is 0 Å². The number of amides is 1. The number of nitrogens with two attached hydrogens (primary N) is 2. The highest BCUT2D eigenvalue weighted by Crippen LogP contribution is 2.28. The third kappa shape index (κ3) is 5.36. The number of aryl methyl sites for hydroxylation is 1. The molecule has 1 saturated heterocycles. The van der Waals surface area contributed by atoms with E-state index in [0.29, 0.717) is 24.9 Å². The molecule has 1 amide bonds. The van der Waals surface area contributed by atoms with Gasteiger partial charge in [-0.25, -0.2) is 4.79 Å². The Bertz CT molecular complexity index is 710. The first kappa shape index (κ1) is 22.4. The average Bonchev–Trinajstić information content (AvgIpc) is 3.05. The van der Waals surface area contributed by atoms with Gasteiger partial charge in [-0.05, 0) is 26.3 Å². The number of nitrogens with zero attached hydrogens (tertiary/aromatic N) is 3. The van der Waals surface area contributed by atoms with Crippen molar-refractivity contribution in [2.24, 2.45) is 11.5 Å². The molecule has 3 atom stereocenters. The molecule has 0 bridgehead atoms. The van der Waals surface area contributed by atoms with Crippen LogP contribution in [0.1, 0.15) is 43.9 Å². The summed E-state index contributed by atoms with van der Waals surface area (Å²) in [6.45, 7) is 2.51. The molecule has 10 nitrogen and oxygen atoms in total. The van der Waals surface area contributed by atoms with Crippen LogP contribution in [-0.2, 0) is 9.53 Å². The fourth-order valence-electron chi connectivity index (χ4n) is 3.30. The van der Waals surface area contributed by atoms with Gasteiger partial charge in [-0.2, -0.15) is 4.98 Å². The van der Waals surface area contributed by atoms with Crippen LogP contribution in [0.2, 0.25) is 0 Å². The van der Waals surface area contributed by atoms with E-state index in [4.69, 9.17) is 16.2 Å². The summed E-state index contributed by atoms with van der Waals surface area (Å²) in [5.74, 6) is 0.149. The third-order valence-electron chi connectivity index (χ3n) is 4.81. The summed E-state index contributed by atoms with van der Waals surface area (Å²) < 4.78 is 6.81. The lowest BCUT2D eigenvalue weighted by molar-refractivity contribution is -0.118. The lowest BCUT2D eigenvalue weighted by Crippen LogP contribution is -2.39. The van der Waals surface area contributed by atoms with E-state index in [-0.39, 0.29) is 37.8 Å². The molecular formula is C18H31N5O5. The zero-order valence-corrected chi connectivity index (χ0v) is 16.3. The fourth-order valence-corrected chi connectivity index (χ4v) is 3.30. The maximum atomic E-state index is 12.6. The normalized spacial score (nSPS) is 21.8. The van der Waals surface area contributed by atoms with Gasteiger partial charge in [-0.3, -0.25) is 14.3 Å². The van der Waals surface area contributed by atoms with Crippen molar-refractivity contribution in [3.63, 3.8) is 0 Å². The maximum Gasteiger partial charge on any atom is 0.351 e. The molecule has 2 rings (SSSR count). The molecule has 1 aromatic heterocycles. The smallest absolute Gasteiger partial charge is 0.351 e. The molecule has 0 aliphatic carbocycles. The predicted octanol–water partition coefficient (Wildman–Crippen LogP) is -0.997. The van der Waals surface area contributed by atoms with E-state index in [2.05, 4.69) is 4.98 Å². The van der Waals surface area contributed by atoms with Gasteiger partial charge in [-0.1, -0.05) is 6.42 Å². The van der Waals surface area contributed by atoms with Crippen LogP contribution in [0.4, 0.5) is 5.82 Å². The highest BCUT2D eigenvalue weighted by molar-refractivity contribution is 5.92. The van der Waals surface area contributed by atoms with Crippen molar-refractivity contribution in [3.8, 4) is 0 Å². The summed E-state index contributed by atoms with van der Waals surface area (Å²) in [5, 5.41) is 19.1. The second-order valence-electron chi connectivity index (χ2n) is 6.99. The number of hydrogen-bond donors (Lipinski definition) is 4. The number of anilines is 1. The van der Waals surface area contributed by atoms with Gasteiger partial charge < -0.3 is 26.4 Å². The zero-order valence-electron chi connectivity index (χ0n) is 16.3. The number of aliphatic hydroxyl groups excluding tert-OH is 2. The van der Waals surface area contributed by atoms with Crippen molar-refractivity contribution in [2.75, 3.05) is 31.1 Å². The Morgan fingerprint density at radius 2 is 2.11 bits per heavy atom. The first-order valence-electron chi connectivity index (χ1n) is 9.67. The van der Waals surface area contributed by atoms with Gasteiger partial charge in [-0.15, -0.1) is 0 Å². The molecule has 0 radical (unpaired) electrons. The number of aliphatic hydroxyl groups is 2. The standard InChI is InChI=1S/C18H31N5O5/c1-12-10-23(16-9-13(25)14(11-24)28-16)18(27)21-17(12)22(8-7-20)15(26)5-3-2-4-6-19/h10,13-14,16,24-25H,2-9,11,19-20H2,1H3/t13-,14+,16+/m0/s1. The SMILES string of the molecule is Cc1cn([C@H]2C[C@H](O)[C@@H](CO)O2)c(=O)nc1N(CCN)C(=O)CCCCCN. The Kier molecular flexibility index (Phi) is 8.52. The van der Waals surface area contributed by atoms with Crippen LogP contribution in [-0.4, -0.2) is 64.1 Å². The van der Waals surface area contributed by atoms with Crippen LogP contribution in [0.5, 0.6) is 0 Å². The van der Waals surface area contributed by atoms with Crippen molar-refractivity contribution in [2.45, 2.75) is 57.5 Å². The second kappa shape index (κ2) is 10.6. The molecule has 1 aliphatic heterocycles. The van der Waals surface area contributed by atoms with E-state index in [9.17, 15) is 19.8 Å². The van der Waals surface area contributed by atoms with Gasteiger partial charge in [0.15, 0.2) is 0 Å². The maximum absolute atomic E-state index is 12.6. The largest absolute Gasteiger partial charge is 0.394 e. The summed E-state index contributed by atoms with van der Waals surface area (Å²) in [6, 6.07) is 0. The molecule has 0 saturated carbocycles. The van der Waals surface area contributed by atoms with Gasteiger partial charge in [0.05, 0.1) is 12.7 Å². The molecule has 6 N–H and O–H groups in total. The van der Waals surface area contributed by atoms with E-state index >= 15 is 0 Å². The van der Waals surface area contributed by atoms with Crippen molar-refractivity contribution < 1.29 is 19.7 Å². The Hall–Kier alpha value is -1.85. The number of carbonyl (C=O) groups excluding carboxylic acids is 1. The van der Waals surface area contributed by atoms with Gasteiger partial charge in [0.25, 0.3) is 0 Å². The monoisotopic (exact) mass is 397 g/mol.